The molecule has 234 valence electrons. The van der Waals surface area contributed by atoms with Crippen molar-refractivity contribution in [3.05, 3.63) is 192 Å². The van der Waals surface area contributed by atoms with E-state index in [-0.39, 0.29) is 0 Å². The fraction of sp³-hybridized carbons (Fsp3) is 0.0204. The van der Waals surface area contributed by atoms with Gasteiger partial charge >= 0.3 is 0 Å². The SMILES string of the molecule is [2H]c1c([2H])c([2H])c(-c2c([2H])c([2H])c(Cc3c4c([2H])c([2H])c([2H])c([2H])c4c(-c4c([2H])c([2H])c(-c5c([2H])c([2H])c([2H])c6oc7c8c([2H])c([2H])c([2H])c([2H])c8c([2H])c([2H])c7c56)c([2H])c4[2H])c4c([2H])c([2H])c([2H])c([2H])c34)c([2H])c2[2H])c([2H])c1[2H]. The molecule has 0 aliphatic carbocycles. The Kier molecular flexibility index (Phi) is 2.69. The smallest absolute Gasteiger partial charge is 0.143 e. The Bertz CT molecular complexity index is 4450. The molecule has 1 nitrogen and oxygen atoms in total. The van der Waals surface area contributed by atoms with Crippen molar-refractivity contribution in [2.45, 2.75) is 6.42 Å². The van der Waals surface area contributed by atoms with E-state index >= 15 is 0 Å². The van der Waals surface area contributed by atoms with Gasteiger partial charge in [-0.2, -0.15) is 0 Å². The quantitative estimate of drug-likeness (QED) is 0.167. The van der Waals surface area contributed by atoms with Crippen LogP contribution in [0.25, 0.3) is 87.6 Å². The van der Waals surface area contributed by atoms with Crippen molar-refractivity contribution in [1.82, 2.24) is 0 Å². The zero-order chi connectivity index (χ0) is 59.1. The van der Waals surface area contributed by atoms with Gasteiger partial charge in [0.05, 0.1) is 41.1 Å². The van der Waals surface area contributed by atoms with Crippen molar-refractivity contribution in [3.63, 3.8) is 0 Å². The van der Waals surface area contributed by atoms with Crippen LogP contribution < -0.4 is 0 Å². The lowest BCUT2D eigenvalue weighted by atomic mass is 9.86. The van der Waals surface area contributed by atoms with Crippen LogP contribution in [0.5, 0.6) is 0 Å². The Labute approximate surface area is 332 Å². The molecule has 1 heteroatoms. The van der Waals surface area contributed by atoms with E-state index in [1.807, 2.05) is 0 Å². The summed E-state index contributed by atoms with van der Waals surface area (Å²) in [5.74, 6) is 0. The summed E-state index contributed by atoms with van der Waals surface area (Å²) in [6.07, 6.45) is -0.935. The molecule has 0 radical (unpaired) electrons. The van der Waals surface area contributed by atoms with E-state index in [2.05, 4.69) is 0 Å². The normalized spacial score (nSPS) is 20.1. The lowest BCUT2D eigenvalue weighted by Gasteiger charge is -2.18. The van der Waals surface area contributed by atoms with Gasteiger partial charge in [-0.15, -0.1) is 0 Å². The summed E-state index contributed by atoms with van der Waals surface area (Å²) in [6.45, 7) is 0. The van der Waals surface area contributed by atoms with E-state index in [0.29, 0.717) is 0 Å². The molecule has 0 unspecified atom stereocenters. The molecule has 0 aliphatic rings. The molecule has 0 fully saturated rings. The molecule has 9 aromatic carbocycles. The zero-order valence-electron chi connectivity index (χ0n) is 55.1. The third-order valence-corrected chi connectivity index (χ3v) is 8.13. The molecular formula is C49H32O. The summed E-state index contributed by atoms with van der Waals surface area (Å²) in [4.78, 5) is 0. The van der Waals surface area contributed by atoms with Crippen molar-refractivity contribution in [3.8, 4) is 33.4 Å². The molecule has 0 amide bonds. The van der Waals surface area contributed by atoms with Crippen molar-refractivity contribution >= 4 is 54.3 Å². The van der Waals surface area contributed by atoms with E-state index in [9.17, 15) is 15.1 Å². The summed E-state index contributed by atoms with van der Waals surface area (Å²) >= 11 is 0. The number of fused-ring (bicyclic) bond motifs is 7. The van der Waals surface area contributed by atoms with Gasteiger partial charge in [-0.1, -0.05) is 169 Å². The van der Waals surface area contributed by atoms with Crippen LogP contribution in [0, 0.1) is 0 Å². The average molecular weight is 667 g/mol. The first-order valence-electron chi connectivity index (χ1n) is 29.9. The molecule has 1 aromatic heterocycles. The predicted molar refractivity (Wildman–Crippen MR) is 212 cm³/mol. The van der Waals surface area contributed by atoms with Crippen molar-refractivity contribution < 1.29 is 45.5 Å². The Balaban J connectivity index is 1.35. The molecule has 0 aliphatic heterocycles. The molecule has 0 N–H and O–H groups in total. The van der Waals surface area contributed by atoms with E-state index in [1.165, 1.54) is 0 Å². The lowest BCUT2D eigenvalue weighted by Crippen LogP contribution is -1.95. The maximum absolute atomic E-state index is 9.68. The van der Waals surface area contributed by atoms with E-state index in [1.54, 1.807) is 0 Å². The minimum Gasteiger partial charge on any atom is -0.455 e. The highest BCUT2D eigenvalue weighted by Crippen LogP contribution is 2.43. The average Bonchev–Trinajstić information content (AvgIpc) is 3.82. The van der Waals surface area contributed by atoms with E-state index in [4.69, 9.17) is 30.5 Å². The van der Waals surface area contributed by atoms with Crippen LogP contribution >= 0.6 is 0 Å². The second-order valence-corrected chi connectivity index (χ2v) is 10.9. The van der Waals surface area contributed by atoms with Gasteiger partial charge < -0.3 is 4.42 Å². The highest BCUT2D eigenvalue weighted by molar-refractivity contribution is 6.19. The van der Waals surface area contributed by atoms with Crippen LogP contribution in [0.1, 0.15) is 52.2 Å². The number of hydrogen-bond donors (Lipinski definition) is 0. The first kappa shape index (κ1) is 11.6. The first-order valence-corrected chi connectivity index (χ1v) is 14.9. The summed E-state index contributed by atoms with van der Waals surface area (Å²) in [5, 5.41) is -4.44. The van der Waals surface area contributed by atoms with E-state index < -0.39 is 286 Å². The fourth-order valence-electron chi connectivity index (χ4n) is 5.95. The number of rotatable bonds is 5. The minimum absolute atomic E-state index is 0.429. The number of hydrogen-bond acceptors (Lipinski definition) is 1. The van der Waals surface area contributed by atoms with Gasteiger partial charge in [0.2, 0.25) is 0 Å². The molecule has 0 saturated carbocycles. The van der Waals surface area contributed by atoms with Crippen molar-refractivity contribution in [2.75, 3.05) is 0 Å². The Morgan fingerprint density at radius 3 is 1.70 bits per heavy atom. The lowest BCUT2D eigenvalue weighted by molar-refractivity contribution is 0.673. The van der Waals surface area contributed by atoms with Crippen LogP contribution in [-0.4, -0.2) is 0 Å². The van der Waals surface area contributed by atoms with Crippen LogP contribution in [0.3, 0.4) is 0 Å². The van der Waals surface area contributed by atoms with Gasteiger partial charge in [0.25, 0.3) is 0 Å². The Hall–Kier alpha value is -6.44. The highest BCUT2D eigenvalue weighted by atomic mass is 16.3. The molecule has 0 atom stereocenters. The Morgan fingerprint density at radius 1 is 0.400 bits per heavy atom. The summed E-state index contributed by atoms with van der Waals surface area (Å²) < 4.78 is 274. The maximum Gasteiger partial charge on any atom is 0.143 e. The van der Waals surface area contributed by atoms with Gasteiger partial charge in [0.15, 0.2) is 0 Å². The molecule has 10 rings (SSSR count). The topological polar surface area (TPSA) is 13.1 Å². The first-order chi connectivity index (χ1) is 37.3. The molecule has 0 saturated heterocycles. The standard InChI is InChI=1S/C49H32O/c1-2-11-33(12-3-1)34-23-21-32(22-24-34)31-45-40-15-6-8-17-42(40)47(43-18-9-7-16-41(43)45)37-27-25-36(26-28-37)38-19-10-20-46-48(38)44-30-29-35-13-4-5-14-39(35)49(44)50-46/h1-30H,31H2/i1D,2D,3D,4D,5D,6D,7D,8D,9D,10D,11D,12D,13D,14D,15D,16D,17D,18D,19D,20D,21D,22D,23D,24D,25D,26D,27D,28D,29D,30D. The van der Waals surface area contributed by atoms with Gasteiger partial charge in [-0.3, -0.25) is 0 Å². The number of benzene rings is 9. The van der Waals surface area contributed by atoms with Gasteiger partial charge in [0, 0.05) is 16.2 Å². The van der Waals surface area contributed by atoms with Crippen LogP contribution in [-0.2, 0) is 6.42 Å². The largest absolute Gasteiger partial charge is 0.455 e. The molecule has 10 aromatic rings. The highest BCUT2D eigenvalue weighted by Gasteiger charge is 2.18. The van der Waals surface area contributed by atoms with Gasteiger partial charge in [-0.05, 0) is 89.9 Å². The molecule has 50 heavy (non-hydrogen) atoms. The molecule has 0 spiro atoms. The monoisotopic (exact) mass is 666 g/mol. The third-order valence-electron chi connectivity index (χ3n) is 8.13. The molecule has 1 heterocycles. The van der Waals surface area contributed by atoms with Gasteiger partial charge in [0.1, 0.15) is 11.2 Å². The summed E-state index contributed by atoms with van der Waals surface area (Å²) in [7, 11) is 0. The van der Waals surface area contributed by atoms with Gasteiger partial charge in [-0.25, -0.2) is 0 Å². The third kappa shape index (κ3) is 4.63. The van der Waals surface area contributed by atoms with Crippen LogP contribution in [0.15, 0.2) is 186 Å². The van der Waals surface area contributed by atoms with Crippen LogP contribution in [0.2, 0.25) is 0 Å². The second-order valence-electron chi connectivity index (χ2n) is 10.9. The zero-order valence-corrected chi connectivity index (χ0v) is 25.1. The van der Waals surface area contributed by atoms with Crippen molar-refractivity contribution in [2.24, 2.45) is 0 Å². The second kappa shape index (κ2) is 11.6. The maximum atomic E-state index is 9.68. The summed E-state index contributed by atoms with van der Waals surface area (Å²) in [6, 6.07) is -27.0. The van der Waals surface area contributed by atoms with Crippen molar-refractivity contribution in [1.29, 1.82) is 0 Å². The predicted octanol–water partition coefficient (Wildman–Crippen LogP) is 13.6. The van der Waals surface area contributed by atoms with E-state index in [0.717, 1.165) is 0 Å². The molecular weight excluding hydrogens is 605 g/mol. The Morgan fingerprint density at radius 2 is 0.980 bits per heavy atom. The van der Waals surface area contributed by atoms with Crippen LogP contribution in [0.4, 0.5) is 0 Å². The summed E-state index contributed by atoms with van der Waals surface area (Å²) in [5.41, 5.74) is -6.61. The number of furan rings is 1. The fourth-order valence-corrected chi connectivity index (χ4v) is 5.95. The molecule has 0 bridgehead atoms. The minimum atomic E-state index is -1.09.